The van der Waals surface area contributed by atoms with Crippen molar-refractivity contribution in [3.8, 4) is 11.1 Å². The van der Waals surface area contributed by atoms with Gasteiger partial charge in [0.25, 0.3) is 0 Å². The highest BCUT2D eigenvalue weighted by Crippen LogP contribution is 2.37. The average molecular weight is 559 g/mol. The van der Waals surface area contributed by atoms with E-state index in [1.165, 1.54) is 77.9 Å². The minimum absolute atomic E-state index is 1.19. The van der Waals surface area contributed by atoms with Crippen LogP contribution in [0.15, 0.2) is 146 Å². The molecule has 0 aromatic heterocycles. The van der Waals surface area contributed by atoms with Crippen LogP contribution in [0.1, 0.15) is 55.6 Å². The van der Waals surface area contributed by atoms with Crippen LogP contribution in [0, 0.1) is 0 Å². The fourth-order valence-electron chi connectivity index (χ4n) is 6.39. The zero-order valence-electron chi connectivity index (χ0n) is 24.3. The fraction of sp³-hybridized carbons (Fsp3) is 0. The molecule has 0 N–H and O–H groups in total. The summed E-state index contributed by atoms with van der Waals surface area (Å²) in [5, 5.41) is 0. The molecule has 0 amide bonds. The second-order valence-corrected chi connectivity index (χ2v) is 11.4. The smallest absolute Gasteiger partial charge is 0.00934 e. The summed E-state index contributed by atoms with van der Waals surface area (Å²) in [5.74, 6) is 0. The van der Waals surface area contributed by atoms with E-state index in [9.17, 15) is 0 Å². The monoisotopic (exact) mass is 558 g/mol. The molecule has 0 nitrogen and oxygen atoms in total. The summed E-state index contributed by atoms with van der Waals surface area (Å²) >= 11 is 0. The predicted octanol–water partition coefficient (Wildman–Crippen LogP) is 11.5. The quantitative estimate of drug-likeness (QED) is 0.202. The van der Waals surface area contributed by atoms with Gasteiger partial charge in [0.1, 0.15) is 0 Å². The van der Waals surface area contributed by atoms with Crippen molar-refractivity contribution < 1.29 is 0 Å². The fourth-order valence-corrected chi connectivity index (χ4v) is 6.39. The zero-order chi connectivity index (χ0) is 29.3. The first kappa shape index (κ1) is 25.9. The summed E-state index contributed by atoms with van der Waals surface area (Å²) in [5.41, 5.74) is 17.3. The van der Waals surface area contributed by atoms with Crippen LogP contribution in [0.3, 0.4) is 0 Å². The van der Waals surface area contributed by atoms with Gasteiger partial charge in [-0.3, -0.25) is 0 Å². The first-order valence-electron chi connectivity index (χ1n) is 15.2. The van der Waals surface area contributed by atoms with E-state index in [-0.39, 0.29) is 0 Å². The number of fused-ring (bicyclic) bond motifs is 4. The molecule has 0 atom stereocenters. The molecule has 0 aliphatic heterocycles. The van der Waals surface area contributed by atoms with Gasteiger partial charge in [-0.1, -0.05) is 170 Å². The van der Waals surface area contributed by atoms with E-state index >= 15 is 0 Å². The predicted molar refractivity (Wildman–Crippen MR) is 189 cm³/mol. The summed E-state index contributed by atoms with van der Waals surface area (Å²) < 4.78 is 0. The lowest BCUT2D eigenvalue weighted by atomic mass is 9.91. The summed E-state index contributed by atoms with van der Waals surface area (Å²) in [6.07, 6.45) is 13.5. The Morgan fingerprint density at radius 1 is 0.273 bits per heavy atom. The van der Waals surface area contributed by atoms with Crippen molar-refractivity contribution in [3.63, 3.8) is 0 Å². The van der Waals surface area contributed by atoms with Crippen molar-refractivity contribution in [1.29, 1.82) is 0 Å². The molecule has 0 radical (unpaired) electrons. The Bertz CT molecular complexity index is 1870. The summed E-state index contributed by atoms with van der Waals surface area (Å²) in [6, 6.07) is 52.5. The zero-order valence-corrected chi connectivity index (χ0v) is 24.3. The molecular formula is C44H30. The van der Waals surface area contributed by atoms with Gasteiger partial charge in [0, 0.05) is 0 Å². The Hall–Kier alpha value is -5.72. The molecule has 44 heavy (non-hydrogen) atoms. The van der Waals surface area contributed by atoms with Crippen LogP contribution < -0.4 is 0 Å². The Balaban J connectivity index is 1.11. The Labute approximate surface area is 259 Å². The Kier molecular flexibility index (Phi) is 6.59. The topological polar surface area (TPSA) is 0 Å². The standard InChI is InChI=1S/C44H30/c1-5-13-39-35(9-1)25-26-36-10-2-6-14-40(36)43(39)29-31-17-21-33(22-18-31)34-23-19-32(20-24-34)30-44-41-15-7-3-11-37(41)27-28-38-12-4-8-16-42(38)44/h1-30H. The van der Waals surface area contributed by atoms with Gasteiger partial charge in [0.05, 0.1) is 0 Å². The normalized spacial score (nSPS) is 12.7. The largest absolute Gasteiger partial charge is 0.0616 e. The van der Waals surface area contributed by atoms with Crippen LogP contribution in [0.25, 0.3) is 58.7 Å². The molecule has 206 valence electrons. The van der Waals surface area contributed by atoms with E-state index in [4.69, 9.17) is 0 Å². The summed E-state index contributed by atoms with van der Waals surface area (Å²) in [6.45, 7) is 0. The molecule has 6 aromatic rings. The highest BCUT2D eigenvalue weighted by atomic mass is 14.2. The molecule has 8 rings (SSSR count). The number of benzene rings is 6. The average Bonchev–Trinajstić information content (AvgIpc) is 3.34. The van der Waals surface area contributed by atoms with Gasteiger partial charge < -0.3 is 0 Å². The minimum Gasteiger partial charge on any atom is -0.0616 e. The third-order valence-corrected chi connectivity index (χ3v) is 8.67. The maximum atomic E-state index is 2.32. The van der Waals surface area contributed by atoms with Crippen molar-refractivity contribution in [2.24, 2.45) is 0 Å². The van der Waals surface area contributed by atoms with Crippen LogP contribution >= 0.6 is 0 Å². The van der Waals surface area contributed by atoms with E-state index < -0.39 is 0 Å². The van der Waals surface area contributed by atoms with Gasteiger partial charge in [0.15, 0.2) is 0 Å². The van der Waals surface area contributed by atoms with Crippen molar-refractivity contribution in [1.82, 2.24) is 0 Å². The number of rotatable bonds is 3. The van der Waals surface area contributed by atoms with Gasteiger partial charge in [-0.15, -0.1) is 0 Å². The van der Waals surface area contributed by atoms with E-state index in [2.05, 4.69) is 182 Å². The first-order chi connectivity index (χ1) is 21.8. The van der Waals surface area contributed by atoms with Crippen molar-refractivity contribution >= 4 is 47.6 Å². The van der Waals surface area contributed by atoms with Crippen LogP contribution in [0.5, 0.6) is 0 Å². The highest BCUT2D eigenvalue weighted by Gasteiger charge is 2.16. The highest BCUT2D eigenvalue weighted by molar-refractivity contribution is 6.01. The van der Waals surface area contributed by atoms with Crippen LogP contribution in [0.4, 0.5) is 0 Å². The number of hydrogen-bond acceptors (Lipinski definition) is 0. The molecule has 0 bridgehead atoms. The molecular weight excluding hydrogens is 528 g/mol. The molecule has 0 saturated heterocycles. The first-order valence-corrected chi connectivity index (χ1v) is 15.2. The Morgan fingerprint density at radius 2 is 0.545 bits per heavy atom. The third-order valence-electron chi connectivity index (χ3n) is 8.67. The molecule has 6 aromatic carbocycles. The molecule has 0 fully saturated rings. The molecule has 2 aliphatic carbocycles. The van der Waals surface area contributed by atoms with E-state index in [1.54, 1.807) is 0 Å². The van der Waals surface area contributed by atoms with Gasteiger partial charge in [0.2, 0.25) is 0 Å². The van der Waals surface area contributed by atoms with Gasteiger partial charge >= 0.3 is 0 Å². The van der Waals surface area contributed by atoms with Gasteiger partial charge in [-0.25, -0.2) is 0 Å². The maximum absolute atomic E-state index is 2.32. The van der Waals surface area contributed by atoms with Crippen LogP contribution in [-0.4, -0.2) is 0 Å². The molecule has 0 spiro atoms. The van der Waals surface area contributed by atoms with E-state index in [1.807, 2.05) is 0 Å². The lowest BCUT2D eigenvalue weighted by molar-refractivity contribution is 1.53. The lowest BCUT2D eigenvalue weighted by Crippen LogP contribution is -1.92. The number of hydrogen-bond donors (Lipinski definition) is 0. The minimum atomic E-state index is 1.19. The summed E-state index contributed by atoms with van der Waals surface area (Å²) in [7, 11) is 0. The SMILES string of the molecule is C1=Cc2ccccc2C(=Cc2ccc(-c3ccc(C=C4c5ccccc5C=Cc5ccccc54)cc3)cc2)c2ccccc21. The molecule has 0 heteroatoms. The van der Waals surface area contributed by atoms with Crippen molar-refractivity contribution in [2.45, 2.75) is 0 Å². The van der Waals surface area contributed by atoms with Gasteiger partial charge in [-0.05, 0) is 90.1 Å². The molecule has 0 unspecified atom stereocenters. The van der Waals surface area contributed by atoms with Crippen molar-refractivity contribution in [3.05, 3.63) is 201 Å². The second kappa shape index (κ2) is 11.2. The molecule has 2 aliphatic rings. The second-order valence-electron chi connectivity index (χ2n) is 11.4. The molecule has 0 saturated carbocycles. The van der Waals surface area contributed by atoms with Crippen LogP contribution in [0.2, 0.25) is 0 Å². The Morgan fingerprint density at radius 3 is 0.841 bits per heavy atom. The van der Waals surface area contributed by atoms with Crippen LogP contribution in [-0.2, 0) is 0 Å². The summed E-state index contributed by atoms with van der Waals surface area (Å²) in [4.78, 5) is 0. The maximum Gasteiger partial charge on any atom is -0.00934 e. The third kappa shape index (κ3) is 4.87. The molecule has 0 heterocycles. The van der Waals surface area contributed by atoms with Crippen molar-refractivity contribution in [2.75, 3.05) is 0 Å². The van der Waals surface area contributed by atoms with E-state index in [0.29, 0.717) is 0 Å². The van der Waals surface area contributed by atoms with E-state index in [0.717, 1.165) is 0 Å². The van der Waals surface area contributed by atoms with Gasteiger partial charge in [-0.2, -0.15) is 0 Å². The lowest BCUT2D eigenvalue weighted by Gasteiger charge is -2.13.